The number of urea groups is 1. The van der Waals surface area contributed by atoms with Crippen LogP contribution < -0.4 is 16.0 Å². The molecule has 2 aromatic carbocycles. The van der Waals surface area contributed by atoms with E-state index in [0.717, 1.165) is 22.3 Å². The second-order valence-corrected chi connectivity index (χ2v) is 10.7. The molecule has 2 saturated heterocycles. The van der Waals surface area contributed by atoms with Gasteiger partial charge in [-0.1, -0.05) is 23.7 Å². The van der Waals surface area contributed by atoms with E-state index in [0.29, 0.717) is 48.9 Å². The van der Waals surface area contributed by atoms with Crippen LogP contribution in [0.1, 0.15) is 52.4 Å². The standard InChI is InChI=1S/C28H31ClN4O6/c1-15-20(7-18-13-38-16(2)39-14-18)9-21(10-23(15)29)31-28(37)30-11-17-3-4-19-12-33(27(36)22(19)8-17)24-5-6-25(34)32-26(24)35/h3-4,8-10,16,18,24H,5-7,11-14H2,1-2H3,(H2,30,31,37)(H,32,34,35). The lowest BCUT2D eigenvalue weighted by Gasteiger charge is -2.29. The second-order valence-electron chi connectivity index (χ2n) is 10.2. The Balaban J connectivity index is 1.19. The highest BCUT2D eigenvalue weighted by molar-refractivity contribution is 6.31. The van der Waals surface area contributed by atoms with Crippen molar-refractivity contribution < 1.29 is 28.7 Å². The number of piperidine rings is 1. The fraction of sp³-hybridized carbons (Fsp3) is 0.429. The maximum absolute atomic E-state index is 13.0. The topological polar surface area (TPSA) is 126 Å². The molecule has 5 amide bonds. The third-order valence-electron chi connectivity index (χ3n) is 7.40. The molecule has 0 saturated carbocycles. The number of nitrogens with one attached hydrogen (secondary N) is 3. The highest BCUT2D eigenvalue weighted by atomic mass is 35.5. The largest absolute Gasteiger partial charge is 0.353 e. The van der Waals surface area contributed by atoms with Crippen LogP contribution in [0.5, 0.6) is 0 Å². The van der Waals surface area contributed by atoms with Gasteiger partial charge in [0.1, 0.15) is 6.04 Å². The summed E-state index contributed by atoms with van der Waals surface area (Å²) in [6.07, 6.45) is 1.03. The van der Waals surface area contributed by atoms with E-state index in [1.165, 1.54) is 4.90 Å². The van der Waals surface area contributed by atoms with Crippen LogP contribution in [0.15, 0.2) is 30.3 Å². The smallest absolute Gasteiger partial charge is 0.319 e. The maximum Gasteiger partial charge on any atom is 0.319 e. The van der Waals surface area contributed by atoms with Gasteiger partial charge in [0.25, 0.3) is 5.91 Å². The van der Waals surface area contributed by atoms with Gasteiger partial charge in [0.15, 0.2) is 6.29 Å². The number of imide groups is 1. The quantitative estimate of drug-likeness (QED) is 0.470. The van der Waals surface area contributed by atoms with Crippen LogP contribution >= 0.6 is 11.6 Å². The summed E-state index contributed by atoms with van der Waals surface area (Å²) in [7, 11) is 0. The Morgan fingerprint density at radius 2 is 1.92 bits per heavy atom. The Kier molecular flexibility index (Phi) is 7.88. The second kappa shape index (κ2) is 11.3. The highest BCUT2D eigenvalue weighted by Gasteiger charge is 2.39. The van der Waals surface area contributed by atoms with E-state index < -0.39 is 18.0 Å². The first kappa shape index (κ1) is 27.1. The van der Waals surface area contributed by atoms with Crippen molar-refractivity contribution in [1.29, 1.82) is 0 Å². The normalized spacial score (nSPS) is 22.9. The molecular weight excluding hydrogens is 524 g/mol. The van der Waals surface area contributed by atoms with Gasteiger partial charge >= 0.3 is 6.03 Å². The number of carbonyl (C=O) groups is 4. The molecule has 39 heavy (non-hydrogen) atoms. The summed E-state index contributed by atoms with van der Waals surface area (Å²) >= 11 is 6.46. The molecule has 0 aliphatic carbocycles. The number of anilines is 1. The van der Waals surface area contributed by atoms with Gasteiger partial charge in [-0.05, 0) is 67.1 Å². The molecule has 1 unspecified atom stereocenters. The van der Waals surface area contributed by atoms with Crippen LogP contribution in [0.3, 0.4) is 0 Å². The fourth-order valence-electron chi connectivity index (χ4n) is 5.16. The van der Waals surface area contributed by atoms with Crippen molar-refractivity contribution >= 4 is 41.0 Å². The van der Waals surface area contributed by atoms with Crippen LogP contribution in [0.25, 0.3) is 0 Å². The summed E-state index contributed by atoms with van der Waals surface area (Å²) in [5.41, 5.74) is 4.60. The van der Waals surface area contributed by atoms with E-state index in [2.05, 4.69) is 16.0 Å². The molecule has 0 spiro atoms. The zero-order valence-corrected chi connectivity index (χ0v) is 22.6. The first-order valence-electron chi connectivity index (χ1n) is 13.0. The van der Waals surface area contributed by atoms with Crippen LogP contribution in [-0.2, 0) is 38.6 Å². The van der Waals surface area contributed by atoms with Gasteiger partial charge < -0.3 is 25.0 Å². The molecule has 1 atom stereocenters. The van der Waals surface area contributed by atoms with Crippen molar-refractivity contribution in [3.8, 4) is 0 Å². The van der Waals surface area contributed by atoms with Crippen molar-refractivity contribution in [3.63, 3.8) is 0 Å². The number of ether oxygens (including phenoxy) is 2. The summed E-state index contributed by atoms with van der Waals surface area (Å²) in [4.78, 5) is 50.9. The first-order chi connectivity index (χ1) is 18.7. The first-order valence-corrected chi connectivity index (χ1v) is 13.4. The Morgan fingerprint density at radius 3 is 2.67 bits per heavy atom. The third-order valence-corrected chi connectivity index (χ3v) is 7.79. The van der Waals surface area contributed by atoms with E-state index in [4.69, 9.17) is 21.1 Å². The van der Waals surface area contributed by atoms with Crippen LogP contribution in [-0.4, -0.2) is 54.2 Å². The van der Waals surface area contributed by atoms with E-state index in [9.17, 15) is 19.2 Å². The van der Waals surface area contributed by atoms with Crippen molar-refractivity contribution in [2.24, 2.45) is 5.92 Å². The lowest BCUT2D eigenvalue weighted by molar-refractivity contribution is -0.189. The number of fused-ring (bicyclic) bond motifs is 1. The summed E-state index contributed by atoms with van der Waals surface area (Å²) in [5.74, 6) is -0.816. The van der Waals surface area contributed by atoms with Gasteiger partial charge in [-0.25, -0.2) is 4.79 Å². The van der Waals surface area contributed by atoms with Crippen LogP contribution in [0.4, 0.5) is 10.5 Å². The molecular formula is C28H31ClN4O6. The fourth-order valence-corrected chi connectivity index (χ4v) is 5.40. The zero-order valence-electron chi connectivity index (χ0n) is 21.8. The molecule has 3 heterocycles. The molecule has 10 nitrogen and oxygen atoms in total. The molecule has 11 heteroatoms. The molecule has 2 fully saturated rings. The predicted molar refractivity (Wildman–Crippen MR) is 143 cm³/mol. The number of hydrogen-bond acceptors (Lipinski definition) is 6. The van der Waals surface area contributed by atoms with Gasteiger partial charge in [0.2, 0.25) is 11.8 Å². The minimum Gasteiger partial charge on any atom is -0.353 e. The Morgan fingerprint density at radius 1 is 1.15 bits per heavy atom. The van der Waals surface area contributed by atoms with Crippen molar-refractivity contribution in [2.45, 2.75) is 58.5 Å². The minimum atomic E-state index is -0.664. The van der Waals surface area contributed by atoms with Crippen molar-refractivity contribution in [2.75, 3.05) is 18.5 Å². The number of carbonyl (C=O) groups excluding carboxylic acids is 4. The summed E-state index contributed by atoms with van der Waals surface area (Å²) in [6, 6.07) is 7.97. The molecule has 3 aliphatic rings. The minimum absolute atomic E-state index is 0.198. The van der Waals surface area contributed by atoms with Crippen molar-refractivity contribution in [1.82, 2.24) is 15.5 Å². The number of nitrogens with zero attached hydrogens (tertiary/aromatic N) is 1. The third kappa shape index (κ3) is 6.08. The van der Waals surface area contributed by atoms with Gasteiger partial charge in [-0.15, -0.1) is 0 Å². The number of amides is 5. The molecule has 3 N–H and O–H groups in total. The summed E-state index contributed by atoms with van der Waals surface area (Å²) in [5, 5.41) is 8.53. The van der Waals surface area contributed by atoms with E-state index in [-0.39, 0.29) is 37.0 Å². The van der Waals surface area contributed by atoms with Gasteiger partial charge in [-0.2, -0.15) is 0 Å². The SMILES string of the molecule is Cc1c(Cl)cc(NC(=O)NCc2ccc3c(c2)C(=O)N(C2CCC(=O)NC2=O)C3)cc1CC1COC(C)OC1. The summed E-state index contributed by atoms with van der Waals surface area (Å²) < 4.78 is 11.2. The molecule has 206 valence electrons. The van der Waals surface area contributed by atoms with Crippen molar-refractivity contribution in [3.05, 3.63) is 63.2 Å². The van der Waals surface area contributed by atoms with Gasteiger partial charge in [0.05, 0.1) is 13.2 Å². The number of rotatable bonds is 6. The monoisotopic (exact) mass is 554 g/mol. The van der Waals surface area contributed by atoms with E-state index >= 15 is 0 Å². The molecule has 0 bridgehead atoms. The molecule has 2 aromatic rings. The maximum atomic E-state index is 13.0. The lowest BCUT2D eigenvalue weighted by atomic mass is 9.96. The Labute approximate surface area is 231 Å². The molecule has 0 radical (unpaired) electrons. The number of hydrogen-bond donors (Lipinski definition) is 3. The zero-order chi connectivity index (χ0) is 27.7. The predicted octanol–water partition coefficient (Wildman–Crippen LogP) is 3.28. The molecule has 3 aliphatic heterocycles. The van der Waals surface area contributed by atoms with Crippen LogP contribution in [0, 0.1) is 12.8 Å². The Hall–Kier alpha value is -3.47. The average Bonchev–Trinajstić information content (AvgIpc) is 3.22. The molecule has 0 aromatic heterocycles. The summed E-state index contributed by atoms with van der Waals surface area (Å²) in [6.45, 7) is 5.54. The van der Waals surface area contributed by atoms with Gasteiger partial charge in [0, 0.05) is 41.7 Å². The van der Waals surface area contributed by atoms with E-state index in [1.54, 1.807) is 12.1 Å². The number of benzene rings is 2. The van der Waals surface area contributed by atoms with E-state index in [1.807, 2.05) is 32.0 Å². The average molecular weight is 555 g/mol. The lowest BCUT2D eigenvalue weighted by Crippen LogP contribution is -2.52. The van der Waals surface area contributed by atoms with Crippen LogP contribution in [0.2, 0.25) is 5.02 Å². The highest BCUT2D eigenvalue weighted by Crippen LogP contribution is 2.29. The molecule has 5 rings (SSSR count). The van der Waals surface area contributed by atoms with Gasteiger partial charge in [-0.3, -0.25) is 19.7 Å². The Bertz CT molecular complexity index is 1320. The number of halogens is 1.